The molecule has 4 rings (SSSR count). The van der Waals surface area contributed by atoms with Crippen molar-refractivity contribution in [3.63, 3.8) is 0 Å². The molecule has 0 saturated carbocycles. The molecule has 0 radical (unpaired) electrons. The first-order valence-electron chi connectivity index (χ1n) is 8.81. The lowest BCUT2D eigenvalue weighted by Gasteiger charge is -2.19. The molecule has 1 unspecified atom stereocenters. The zero-order valence-corrected chi connectivity index (χ0v) is 15.3. The minimum Gasteiger partial charge on any atom is -0.497 e. The maximum absolute atomic E-state index is 5.50. The van der Waals surface area contributed by atoms with Crippen molar-refractivity contribution in [1.82, 2.24) is 0 Å². The van der Waals surface area contributed by atoms with Gasteiger partial charge in [-0.1, -0.05) is 48.5 Å². The molecule has 0 heterocycles. The van der Waals surface area contributed by atoms with E-state index >= 15 is 0 Å². The van der Waals surface area contributed by atoms with E-state index in [0.29, 0.717) is 0 Å². The quantitative estimate of drug-likeness (QED) is 0.598. The Bertz CT molecular complexity index is 953. The standard InChI is InChI=1S/C24H22O2/c1-16-21-14-13-20(26-3)15-22(21)24(17-7-5-4-6-8-17)23(16)18-9-11-19(25-2)12-10-18/h4-15,24H,1-3H3. The van der Waals surface area contributed by atoms with Crippen LogP contribution in [0.15, 0.2) is 72.8 Å². The van der Waals surface area contributed by atoms with Crippen LogP contribution in [0.3, 0.4) is 0 Å². The third-order valence-electron chi connectivity index (χ3n) is 5.20. The van der Waals surface area contributed by atoms with Crippen LogP contribution in [0.1, 0.15) is 35.1 Å². The highest BCUT2D eigenvalue weighted by molar-refractivity contribution is 6.00. The number of fused-ring (bicyclic) bond motifs is 1. The van der Waals surface area contributed by atoms with Crippen LogP contribution in [-0.2, 0) is 0 Å². The van der Waals surface area contributed by atoms with E-state index in [0.717, 1.165) is 11.5 Å². The third kappa shape index (κ3) is 2.68. The van der Waals surface area contributed by atoms with Crippen molar-refractivity contribution in [3.8, 4) is 11.5 Å². The van der Waals surface area contributed by atoms with Crippen LogP contribution in [0.4, 0.5) is 0 Å². The summed E-state index contributed by atoms with van der Waals surface area (Å²) in [5, 5.41) is 0. The first-order valence-corrected chi connectivity index (χ1v) is 8.81. The molecule has 3 aromatic carbocycles. The molecule has 0 aliphatic heterocycles. The Balaban J connectivity index is 1.91. The Morgan fingerprint density at radius 2 is 1.38 bits per heavy atom. The summed E-state index contributed by atoms with van der Waals surface area (Å²) in [4.78, 5) is 0. The predicted octanol–water partition coefficient (Wildman–Crippen LogP) is 5.78. The number of rotatable bonds is 4. The Morgan fingerprint density at radius 1 is 0.731 bits per heavy atom. The molecule has 0 saturated heterocycles. The average molecular weight is 342 g/mol. The van der Waals surface area contributed by atoms with Gasteiger partial charge in [0.2, 0.25) is 0 Å². The normalized spacial score (nSPS) is 15.7. The lowest BCUT2D eigenvalue weighted by molar-refractivity contribution is 0.414. The van der Waals surface area contributed by atoms with Crippen molar-refractivity contribution >= 4 is 11.1 Å². The first kappa shape index (κ1) is 16.5. The molecule has 130 valence electrons. The molecule has 3 aromatic rings. The van der Waals surface area contributed by atoms with Gasteiger partial charge in [-0.3, -0.25) is 0 Å². The summed E-state index contributed by atoms with van der Waals surface area (Å²) in [6.07, 6.45) is 0. The fourth-order valence-electron chi connectivity index (χ4n) is 3.91. The van der Waals surface area contributed by atoms with Gasteiger partial charge in [0.15, 0.2) is 0 Å². The van der Waals surface area contributed by atoms with Gasteiger partial charge in [-0.2, -0.15) is 0 Å². The Labute approximate surface area is 154 Å². The van der Waals surface area contributed by atoms with E-state index in [2.05, 4.69) is 61.5 Å². The van der Waals surface area contributed by atoms with E-state index in [-0.39, 0.29) is 5.92 Å². The summed E-state index contributed by atoms with van der Waals surface area (Å²) in [6, 6.07) is 25.4. The molecular formula is C24H22O2. The third-order valence-corrected chi connectivity index (χ3v) is 5.20. The van der Waals surface area contributed by atoms with Gasteiger partial charge >= 0.3 is 0 Å². The average Bonchev–Trinajstić information content (AvgIpc) is 3.00. The van der Waals surface area contributed by atoms with Crippen LogP contribution in [0.5, 0.6) is 11.5 Å². The maximum atomic E-state index is 5.50. The second kappa shape index (κ2) is 6.72. The molecule has 2 nitrogen and oxygen atoms in total. The fraction of sp³-hybridized carbons (Fsp3) is 0.167. The predicted molar refractivity (Wildman–Crippen MR) is 107 cm³/mol. The molecule has 0 aromatic heterocycles. The monoisotopic (exact) mass is 342 g/mol. The second-order valence-electron chi connectivity index (χ2n) is 6.56. The van der Waals surface area contributed by atoms with E-state index < -0.39 is 0 Å². The summed E-state index contributed by atoms with van der Waals surface area (Å²) in [7, 11) is 3.42. The second-order valence-corrected chi connectivity index (χ2v) is 6.56. The summed E-state index contributed by atoms with van der Waals surface area (Å²) in [5.41, 5.74) is 7.80. The largest absolute Gasteiger partial charge is 0.497 e. The lowest BCUT2D eigenvalue weighted by Crippen LogP contribution is -2.01. The minimum absolute atomic E-state index is 0.203. The van der Waals surface area contributed by atoms with Crippen molar-refractivity contribution in [1.29, 1.82) is 0 Å². The van der Waals surface area contributed by atoms with Gasteiger partial charge < -0.3 is 9.47 Å². The van der Waals surface area contributed by atoms with E-state index in [4.69, 9.17) is 9.47 Å². The molecule has 0 amide bonds. The topological polar surface area (TPSA) is 18.5 Å². The van der Waals surface area contributed by atoms with Gasteiger partial charge in [0.25, 0.3) is 0 Å². The van der Waals surface area contributed by atoms with E-state index in [1.54, 1.807) is 14.2 Å². The zero-order chi connectivity index (χ0) is 18.1. The number of allylic oxidation sites excluding steroid dienone is 2. The van der Waals surface area contributed by atoms with Gasteiger partial charge in [-0.05, 0) is 64.6 Å². The number of benzene rings is 3. The van der Waals surface area contributed by atoms with Crippen molar-refractivity contribution < 1.29 is 9.47 Å². The van der Waals surface area contributed by atoms with Gasteiger partial charge in [-0.25, -0.2) is 0 Å². The molecule has 2 heteroatoms. The SMILES string of the molecule is COc1ccc(C2=C(C)c3ccc(OC)cc3C2c2ccccc2)cc1. The van der Waals surface area contributed by atoms with Gasteiger partial charge in [0, 0.05) is 5.92 Å². The Morgan fingerprint density at radius 3 is 2.04 bits per heavy atom. The highest BCUT2D eigenvalue weighted by Gasteiger charge is 2.31. The van der Waals surface area contributed by atoms with E-state index in [9.17, 15) is 0 Å². The summed E-state index contributed by atoms with van der Waals surface area (Å²) < 4.78 is 10.8. The van der Waals surface area contributed by atoms with Crippen LogP contribution in [-0.4, -0.2) is 14.2 Å². The van der Waals surface area contributed by atoms with Crippen molar-refractivity contribution in [2.45, 2.75) is 12.8 Å². The van der Waals surface area contributed by atoms with Gasteiger partial charge in [0.1, 0.15) is 11.5 Å². The fourth-order valence-corrected chi connectivity index (χ4v) is 3.91. The number of methoxy groups -OCH3 is 2. The molecule has 0 bridgehead atoms. The van der Waals surface area contributed by atoms with Crippen LogP contribution in [0.2, 0.25) is 0 Å². The maximum Gasteiger partial charge on any atom is 0.119 e. The van der Waals surface area contributed by atoms with Crippen molar-refractivity contribution in [2.75, 3.05) is 14.2 Å². The molecule has 1 atom stereocenters. The summed E-state index contributed by atoms with van der Waals surface area (Å²) >= 11 is 0. The number of hydrogen-bond acceptors (Lipinski definition) is 2. The Kier molecular flexibility index (Phi) is 4.26. The summed E-state index contributed by atoms with van der Waals surface area (Å²) in [5.74, 6) is 1.98. The molecule has 1 aliphatic rings. The smallest absolute Gasteiger partial charge is 0.119 e. The van der Waals surface area contributed by atoms with E-state index in [1.165, 1.54) is 33.4 Å². The molecular weight excluding hydrogens is 320 g/mol. The first-order chi connectivity index (χ1) is 12.7. The van der Waals surface area contributed by atoms with Crippen LogP contribution < -0.4 is 9.47 Å². The van der Waals surface area contributed by atoms with Gasteiger partial charge in [0.05, 0.1) is 14.2 Å². The molecule has 0 N–H and O–H groups in total. The molecule has 0 fully saturated rings. The molecule has 26 heavy (non-hydrogen) atoms. The van der Waals surface area contributed by atoms with E-state index in [1.807, 2.05) is 18.2 Å². The lowest BCUT2D eigenvalue weighted by atomic mass is 9.85. The zero-order valence-electron chi connectivity index (χ0n) is 15.3. The summed E-state index contributed by atoms with van der Waals surface area (Å²) in [6.45, 7) is 2.22. The molecule has 0 spiro atoms. The molecule has 1 aliphatic carbocycles. The van der Waals surface area contributed by atoms with Crippen molar-refractivity contribution in [2.24, 2.45) is 0 Å². The van der Waals surface area contributed by atoms with Crippen LogP contribution >= 0.6 is 0 Å². The van der Waals surface area contributed by atoms with Gasteiger partial charge in [-0.15, -0.1) is 0 Å². The van der Waals surface area contributed by atoms with Crippen molar-refractivity contribution in [3.05, 3.63) is 95.1 Å². The number of ether oxygens (including phenoxy) is 2. The minimum atomic E-state index is 0.203. The highest BCUT2D eigenvalue weighted by Crippen LogP contribution is 2.50. The highest BCUT2D eigenvalue weighted by atomic mass is 16.5. The van der Waals surface area contributed by atoms with Crippen LogP contribution in [0.25, 0.3) is 11.1 Å². The Hall–Kier alpha value is -3.00. The number of hydrogen-bond donors (Lipinski definition) is 0. The van der Waals surface area contributed by atoms with Crippen LogP contribution in [0, 0.1) is 0 Å².